The molecule has 0 saturated heterocycles. The summed E-state index contributed by atoms with van der Waals surface area (Å²) >= 11 is 5.96. The van der Waals surface area contributed by atoms with Crippen molar-refractivity contribution in [2.24, 2.45) is 0 Å². The fourth-order valence-corrected chi connectivity index (χ4v) is 1.59. The summed E-state index contributed by atoms with van der Waals surface area (Å²) in [4.78, 5) is 11.3. The van der Waals surface area contributed by atoms with Crippen LogP contribution in [0.1, 0.15) is 23.6 Å². The molecule has 0 saturated carbocycles. The highest BCUT2D eigenvalue weighted by Crippen LogP contribution is 2.22. The minimum absolute atomic E-state index is 0.148. The number of halogens is 1. The third-order valence-electron chi connectivity index (χ3n) is 2.22. The highest BCUT2D eigenvalue weighted by molar-refractivity contribution is 6.31. The van der Waals surface area contributed by atoms with Crippen molar-refractivity contribution < 1.29 is 9.53 Å². The number of nitriles is 1. The number of carbonyl (C=O) groups excluding carboxylic acids is 1. The Hall–Kier alpha value is -1.53. The molecular weight excluding hydrogens is 226 g/mol. The van der Waals surface area contributed by atoms with Crippen LogP contribution in [0, 0.1) is 18.3 Å². The van der Waals surface area contributed by atoms with Crippen molar-refractivity contribution in [3.8, 4) is 6.07 Å². The summed E-state index contributed by atoms with van der Waals surface area (Å²) in [6.07, 6.45) is 0.148. The van der Waals surface area contributed by atoms with Gasteiger partial charge in [-0.3, -0.25) is 4.79 Å². The average molecular weight is 238 g/mol. The number of ether oxygens (including phenoxy) is 1. The van der Waals surface area contributed by atoms with Gasteiger partial charge in [0, 0.05) is 5.02 Å². The standard InChI is InChI=1S/C12H12ClNO2/c1-3-16-12(15)6-10-4-9(7-14)5-11(13)8(10)2/h4-5H,3,6H2,1-2H3. The highest BCUT2D eigenvalue weighted by atomic mass is 35.5. The van der Waals surface area contributed by atoms with Crippen LogP contribution in [0.15, 0.2) is 12.1 Å². The molecule has 1 aromatic carbocycles. The highest BCUT2D eigenvalue weighted by Gasteiger charge is 2.10. The van der Waals surface area contributed by atoms with Gasteiger partial charge in [-0.1, -0.05) is 11.6 Å². The van der Waals surface area contributed by atoms with Crippen LogP contribution in [-0.2, 0) is 16.0 Å². The normalized spacial score (nSPS) is 9.62. The van der Waals surface area contributed by atoms with Crippen LogP contribution < -0.4 is 0 Å². The monoisotopic (exact) mass is 237 g/mol. The Morgan fingerprint density at radius 3 is 2.81 bits per heavy atom. The van der Waals surface area contributed by atoms with E-state index in [-0.39, 0.29) is 12.4 Å². The Morgan fingerprint density at radius 2 is 2.25 bits per heavy atom. The van der Waals surface area contributed by atoms with E-state index < -0.39 is 0 Å². The maximum Gasteiger partial charge on any atom is 0.310 e. The van der Waals surface area contributed by atoms with Gasteiger partial charge in [0.15, 0.2) is 0 Å². The molecule has 1 rings (SSSR count). The predicted octanol–water partition coefficient (Wildman–Crippen LogP) is 2.63. The van der Waals surface area contributed by atoms with Gasteiger partial charge in [0.25, 0.3) is 0 Å². The molecule has 0 unspecified atom stereocenters. The van der Waals surface area contributed by atoms with Gasteiger partial charge in [0.2, 0.25) is 0 Å². The third kappa shape index (κ3) is 2.98. The second kappa shape index (κ2) is 5.53. The zero-order valence-corrected chi connectivity index (χ0v) is 9.97. The van der Waals surface area contributed by atoms with E-state index in [1.165, 1.54) is 0 Å². The molecule has 0 atom stereocenters. The molecule has 0 aromatic heterocycles. The minimum Gasteiger partial charge on any atom is -0.466 e. The van der Waals surface area contributed by atoms with Crippen molar-refractivity contribution in [1.82, 2.24) is 0 Å². The van der Waals surface area contributed by atoms with Crippen LogP contribution in [0.2, 0.25) is 5.02 Å². The Morgan fingerprint density at radius 1 is 1.56 bits per heavy atom. The molecular formula is C12H12ClNO2. The van der Waals surface area contributed by atoms with Gasteiger partial charge in [0.05, 0.1) is 24.7 Å². The largest absolute Gasteiger partial charge is 0.466 e. The zero-order chi connectivity index (χ0) is 12.1. The fraction of sp³-hybridized carbons (Fsp3) is 0.333. The summed E-state index contributed by atoms with van der Waals surface area (Å²) in [6.45, 7) is 3.92. The van der Waals surface area contributed by atoms with E-state index in [1.807, 2.05) is 13.0 Å². The number of hydrogen-bond acceptors (Lipinski definition) is 3. The first-order chi connectivity index (χ1) is 7.58. The van der Waals surface area contributed by atoms with E-state index in [0.717, 1.165) is 11.1 Å². The lowest BCUT2D eigenvalue weighted by atomic mass is 10.0. The van der Waals surface area contributed by atoms with E-state index >= 15 is 0 Å². The van der Waals surface area contributed by atoms with Crippen molar-refractivity contribution in [1.29, 1.82) is 5.26 Å². The summed E-state index contributed by atoms with van der Waals surface area (Å²) in [7, 11) is 0. The molecule has 0 heterocycles. The van der Waals surface area contributed by atoms with Crippen molar-refractivity contribution in [2.45, 2.75) is 20.3 Å². The Bertz CT molecular complexity index is 449. The number of nitrogens with zero attached hydrogens (tertiary/aromatic N) is 1. The van der Waals surface area contributed by atoms with Crippen LogP contribution >= 0.6 is 11.6 Å². The molecule has 0 aliphatic heterocycles. The maximum atomic E-state index is 11.3. The molecule has 0 bridgehead atoms. The van der Waals surface area contributed by atoms with Crippen LogP contribution in [-0.4, -0.2) is 12.6 Å². The molecule has 0 radical (unpaired) electrons. The molecule has 0 fully saturated rings. The number of benzene rings is 1. The van der Waals surface area contributed by atoms with Crippen LogP contribution in [0.4, 0.5) is 0 Å². The van der Waals surface area contributed by atoms with Crippen molar-refractivity contribution in [3.05, 3.63) is 33.8 Å². The van der Waals surface area contributed by atoms with E-state index in [0.29, 0.717) is 17.2 Å². The molecule has 4 heteroatoms. The summed E-state index contributed by atoms with van der Waals surface area (Å²) in [5, 5.41) is 9.29. The Labute approximate surface area is 99.6 Å². The van der Waals surface area contributed by atoms with Crippen LogP contribution in [0.5, 0.6) is 0 Å². The second-order valence-corrected chi connectivity index (χ2v) is 3.74. The Balaban J connectivity index is 3.00. The predicted molar refractivity (Wildman–Crippen MR) is 61.2 cm³/mol. The molecule has 84 valence electrons. The lowest BCUT2D eigenvalue weighted by molar-refractivity contribution is -0.142. The minimum atomic E-state index is -0.309. The number of hydrogen-bond donors (Lipinski definition) is 0. The molecule has 0 aliphatic rings. The topological polar surface area (TPSA) is 50.1 Å². The maximum absolute atomic E-state index is 11.3. The molecule has 3 nitrogen and oxygen atoms in total. The summed E-state index contributed by atoms with van der Waals surface area (Å²) in [5.41, 5.74) is 2.01. The molecule has 16 heavy (non-hydrogen) atoms. The van der Waals surface area contributed by atoms with E-state index in [1.54, 1.807) is 19.1 Å². The van der Waals surface area contributed by atoms with Crippen molar-refractivity contribution in [3.63, 3.8) is 0 Å². The molecule has 0 aliphatic carbocycles. The van der Waals surface area contributed by atoms with Crippen LogP contribution in [0.25, 0.3) is 0 Å². The van der Waals surface area contributed by atoms with Gasteiger partial charge in [-0.25, -0.2) is 0 Å². The van der Waals surface area contributed by atoms with Crippen molar-refractivity contribution >= 4 is 17.6 Å². The zero-order valence-electron chi connectivity index (χ0n) is 9.21. The van der Waals surface area contributed by atoms with E-state index in [4.69, 9.17) is 21.6 Å². The molecule has 0 amide bonds. The lowest BCUT2D eigenvalue weighted by Gasteiger charge is -2.07. The first-order valence-corrected chi connectivity index (χ1v) is 5.31. The van der Waals surface area contributed by atoms with Crippen molar-refractivity contribution in [2.75, 3.05) is 6.61 Å². The number of rotatable bonds is 3. The van der Waals surface area contributed by atoms with Gasteiger partial charge < -0.3 is 4.74 Å². The van der Waals surface area contributed by atoms with Gasteiger partial charge in [0.1, 0.15) is 0 Å². The number of esters is 1. The first-order valence-electron chi connectivity index (χ1n) is 4.93. The Kier molecular flexibility index (Phi) is 4.33. The number of carbonyl (C=O) groups is 1. The third-order valence-corrected chi connectivity index (χ3v) is 2.61. The second-order valence-electron chi connectivity index (χ2n) is 3.34. The van der Waals surface area contributed by atoms with E-state index in [9.17, 15) is 4.79 Å². The quantitative estimate of drug-likeness (QED) is 0.760. The van der Waals surface area contributed by atoms with Crippen LogP contribution in [0.3, 0.4) is 0 Å². The molecule has 0 N–H and O–H groups in total. The fourth-order valence-electron chi connectivity index (χ4n) is 1.35. The van der Waals surface area contributed by atoms with Gasteiger partial charge in [-0.05, 0) is 37.1 Å². The molecule has 1 aromatic rings. The first kappa shape index (κ1) is 12.5. The summed E-state index contributed by atoms with van der Waals surface area (Å²) in [6, 6.07) is 5.26. The average Bonchev–Trinajstić information content (AvgIpc) is 2.24. The summed E-state index contributed by atoms with van der Waals surface area (Å²) in [5.74, 6) is -0.309. The van der Waals surface area contributed by atoms with E-state index in [2.05, 4.69) is 0 Å². The molecule has 0 spiro atoms. The van der Waals surface area contributed by atoms with Gasteiger partial charge in [-0.2, -0.15) is 5.26 Å². The smallest absolute Gasteiger partial charge is 0.310 e. The van der Waals surface area contributed by atoms with Gasteiger partial charge >= 0.3 is 5.97 Å². The van der Waals surface area contributed by atoms with Gasteiger partial charge in [-0.15, -0.1) is 0 Å². The summed E-state index contributed by atoms with van der Waals surface area (Å²) < 4.78 is 4.85. The SMILES string of the molecule is CCOC(=O)Cc1cc(C#N)cc(Cl)c1C. The lowest BCUT2D eigenvalue weighted by Crippen LogP contribution is -2.09.